The Kier molecular flexibility index (Phi) is 2.99. The minimum atomic E-state index is -2.50. The maximum atomic E-state index is 12.8. The SMILES string of the molecule is COC(=O)c1c(C)nn2c1NCCC2C(F)F. The average Bonchev–Trinajstić information content (AvgIpc) is 2.63. The lowest BCUT2D eigenvalue weighted by molar-refractivity contribution is 0.0596. The number of nitrogens with zero attached hydrogens (tertiary/aromatic N) is 2. The Labute approximate surface area is 96.7 Å². The second-order valence-corrected chi connectivity index (χ2v) is 3.86. The normalized spacial score (nSPS) is 18.8. The van der Waals surface area contributed by atoms with Gasteiger partial charge < -0.3 is 10.1 Å². The largest absolute Gasteiger partial charge is 0.465 e. The Bertz CT molecular complexity index is 445. The molecule has 5 nitrogen and oxygen atoms in total. The third-order valence-electron chi connectivity index (χ3n) is 2.81. The minimum Gasteiger partial charge on any atom is -0.465 e. The Morgan fingerprint density at radius 3 is 2.94 bits per heavy atom. The molecule has 1 aliphatic rings. The molecule has 1 aromatic heterocycles. The molecule has 1 unspecified atom stereocenters. The number of carbonyl (C=O) groups is 1. The molecule has 0 amide bonds. The predicted octanol–water partition coefficient (Wildman–Crippen LogP) is 1.60. The van der Waals surface area contributed by atoms with Crippen molar-refractivity contribution < 1.29 is 18.3 Å². The highest BCUT2D eigenvalue weighted by Crippen LogP contribution is 2.32. The highest BCUT2D eigenvalue weighted by molar-refractivity contribution is 5.96. The summed E-state index contributed by atoms with van der Waals surface area (Å²) in [6, 6.07) is -0.983. The summed E-state index contributed by atoms with van der Waals surface area (Å²) in [4.78, 5) is 11.5. The summed E-state index contributed by atoms with van der Waals surface area (Å²) in [6.45, 7) is 1.99. The van der Waals surface area contributed by atoms with Crippen molar-refractivity contribution in [3.63, 3.8) is 0 Å². The van der Waals surface area contributed by atoms with Crippen LogP contribution in [0.2, 0.25) is 0 Å². The van der Waals surface area contributed by atoms with E-state index in [0.29, 0.717) is 18.1 Å². The number of halogens is 2. The number of nitrogens with one attached hydrogen (secondary N) is 1. The van der Waals surface area contributed by atoms with E-state index < -0.39 is 18.4 Å². The molecule has 2 heterocycles. The van der Waals surface area contributed by atoms with E-state index in [0.717, 1.165) is 0 Å². The number of hydrogen-bond acceptors (Lipinski definition) is 4. The van der Waals surface area contributed by atoms with Gasteiger partial charge in [0.15, 0.2) is 0 Å². The minimum absolute atomic E-state index is 0.234. The number of fused-ring (bicyclic) bond motifs is 1. The number of hydrogen-bond donors (Lipinski definition) is 1. The molecule has 0 saturated heterocycles. The maximum Gasteiger partial charge on any atom is 0.343 e. The summed E-state index contributed by atoms with van der Waals surface area (Å²) in [5.74, 6) is -0.239. The van der Waals surface area contributed by atoms with E-state index in [2.05, 4.69) is 15.2 Å². The second-order valence-electron chi connectivity index (χ2n) is 3.86. The fourth-order valence-corrected chi connectivity index (χ4v) is 2.00. The predicted molar refractivity (Wildman–Crippen MR) is 56.5 cm³/mol. The van der Waals surface area contributed by atoms with E-state index >= 15 is 0 Å². The lowest BCUT2D eigenvalue weighted by Crippen LogP contribution is -2.28. The van der Waals surface area contributed by atoms with Crippen molar-refractivity contribution in [2.75, 3.05) is 19.0 Å². The summed E-state index contributed by atoms with van der Waals surface area (Å²) in [5, 5.41) is 6.91. The molecule has 0 radical (unpaired) electrons. The first-order valence-corrected chi connectivity index (χ1v) is 5.25. The molecule has 94 valence electrons. The number of alkyl halides is 2. The van der Waals surface area contributed by atoms with Crippen LogP contribution >= 0.6 is 0 Å². The van der Waals surface area contributed by atoms with Crippen molar-refractivity contribution in [1.29, 1.82) is 0 Å². The molecule has 0 aliphatic carbocycles. The van der Waals surface area contributed by atoms with Crippen molar-refractivity contribution in [2.45, 2.75) is 25.8 Å². The van der Waals surface area contributed by atoms with Crippen LogP contribution in [-0.2, 0) is 4.74 Å². The topological polar surface area (TPSA) is 56.1 Å². The zero-order valence-electron chi connectivity index (χ0n) is 9.54. The van der Waals surface area contributed by atoms with E-state index in [1.165, 1.54) is 11.8 Å². The van der Waals surface area contributed by atoms with Gasteiger partial charge in [0.1, 0.15) is 17.4 Å². The van der Waals surface area contributed by atoms with Crippen LogP contribution in [-0.4, -0.2) is 35.8 Å². The molecular formula is C10H13F2N3O2. The van der Waals surface area contributed by atoms with Crippen molar-refractivity contribution >= 4 is 11.8 Å². The van der Waals surface area contributed by atoms with Gasteiger partial charge in [-0.2, -0.15) is 5.10 Å². The van der Waals surface area contributed by atoms with E-state index in [1.54, 1.807) is 6.92 Å². The van der Waals surface area contributed by atoms with Crippen molar-refractivity contribution in [3.8, 4) is 0 Å². The van der Waals surface area contributed by atoms with Gasteiger partial charge in [0.2, 0.25) is 0 Å². The van der Waals surface area contributed by atoms with Crippen LogP contribution in [0.1, 0.15) is 28.5 Å². The van der Waals surface area contributed by atoms with Gasteiger partial charge in [-0.3, -0.25) is 0 Å². The quantitative estimate of drug-likeness (QED) is 0.804. The zero-order chi connectivity index (χ0) is 12.6. The van der Waals surface area contributed by atoms with E-state index in [9.17, 15) is 13.6 Å². The fraction of sp³-hybridized carbons (Fsp3) is 0.600. The van der Waals surface area contributed by atoms with E-state index in [4.69, 9.17) is 0 Å². The molecule has 7 heteroatoms. The molecular weight excluding hydrogens is 232 g/mol. The Hall–Kier alpha value is -1.66. The highest BCUT2D eigenvalue weighted by Gasteiger charge is 2.33. The number of rotatable bonds is 2. The first-order chi connectivity index (χ1) is 8.06. The van der Waals surface area contributed by atoms with Crippen LogP contribution in [0.25, 0.3) is 0 Å². The van der Waals surface area contributed by atoms with Gasteiger partial charge in [0.05, 0.1) is 12.8 Å². The molecule has 2 rings (SSSR count). The number of anilines is 1. The van der Waals surface area contributed by atoms with Gasteiger partial charge in [0.25, 0.3) is 6.43 Å². The van der Waals surface area contributed by atoms with Gasteiger partial charge in [-0.05, 0) is 13.3 Å². The number of aromatic nitrogens is 2. The first-order valence-electron chi connectivity index (χ1n) is 5.25. The van der Waals surface area contributed by atoms with Gasteiger partial charge in [-0.15, -0.1) is 0 Å². The Morgan fingerprint density at radius 2 is 2.35 bits per heavy atom. The molecule has 0 spiro atoms. The number of carbonyl (C=O) groups excluding carboxylic acids is 1. The Morgan fingerprint density at radius 1 is 1.65 bits per heavy atom. The molecule has 0 fully saturated rings. The molecule has 1 aromatic rings. The van der Waals surface area contributed by atoms with Crippen LogP contribution in [0.4, 0.5) is 14.6 Å². The summed E-state index contributed by atoms with van der Waals surface area (Å²) >= 11 is 0. The van der Waals surface area contributed by atoms with Crippen LogP contribution < -0.4 is 5.32 Å². The van der Waals surface area contributed by atoms with Crippen molar-refractivity contribution in [2.24, 2.45) is 0 Å². The smallest absolute Gasteiger partial charge is 0.343 e. The summed E-state index contributed by atoms with van der Waals surface area (Å²) < 4.78 is 31.4. The number of aryl methyl sites for hydroxylation is 1. The maximum absolute atomic E-state index is 12.8. The van der Waals surface area contributed by atoms with Gasteiger partial charge >= 0.3 is 5.97 Å². The number of ether oxygens (including phenoxy) is 1. The molecule has 1 atom stereocenters. The molecule has 17 heavy (non-hydrogen) atoms. The lowest BCUT2D eigenvalue weighted by Gasteiger charge is -2.25. The fourth-order valence-electron chi connectivity index (χ4n) is 2.00. The van der Waals surface area contributed by atoms with Crippen molar-refractivity contribution in [3.05, 3.63) is 11.3 Å². The molecule has 1 aliphatic heterocycles. The molecule has 0 bridgehead atoms. The highest BCUT2D eigenvalue weighted by atomic mass is 19.3. The van der Waals surface area contributed by atoms with Crippen LogP contribution in [0.5, 0.6) is 0 Å². The van der Waals surface area contributed by atoms with Gasteiger partial charge in [-0.25, -0.2) is 18.3 Å². The van der Waals surface area contributed by atoms with Crippen molar-refractivity contribution in [1.82, 2.24) is 9.78 Å². The molecule has 1 N–H and O–H groups in total. The van der Waals surface area contributed by atoms with Crippen LogP contribution in [0.3, 0.4) is 0 Å². The van der Waals surface area contributed by atoms with Crippen LogP contribution in [0.15, 0.2) is 0 Å². The van der Waals surface area contributed by atoms with Gasteiger partial charge in [-0.1, -0.05) is 0 Å². The number of esters is 1. The second kappa shape index (κ2) is 4.31. The lowest BCUT2D eigenvalue weighted by atomic mass is 10.1. The molecule has 0 aromatic carbocycles. The zero-order valence-corrected chi connectivity index (χ0v) is 9.54. The molecule has 0 saturated carbocycles. The van der Waals surface area contributed by atoms with E-state index in [-0.39, 0.29) is 12.0 Å². The summed E-state index contributed by atoms with van der Waals surface area (Å²) in [7, 11) is 1.25. The average molecular weight is 245 g/mol. The summed E-state index contributed by atoms with van der Waals surface area (Å²) in [5.41, 5.74) is 0.629. The number of methoxy groups -OCH3 is 1. The standard InChI is InChI=1S/C10H13F2N3O2/c1-5-7(10(16)17-2)9-13-4-3-6(8(11)12)15(9)14-5/h6,8,13H,3-4H2,1-2H3. The van der Waals surface area contributed by atoms with E-state index in [1.807, 2.05) is 0 Å². The third kappa shape index (κ3) is 1.85. The third-order valence-corrected chi connectivity index (χ3v) is 2.81. The summed E-state index contributed by atoms with van der Waals surface area (Å²) in [6.07, 6.45) is -2.22. The first kappa shape index (κ1) is 11.8. The monoisotopic (exact) mass is 245 g/mol. The Balaban J connectivity index is 2.49. The van der Waals surface area contributed by atoms with Crippen LogP contribution in [0, 0.1) is 6.92 Å². The van der Waals surface area contributed by atoms with Gasteiger partial charge in [0, 0.05) is 6.54 Å².